The molecule has 7 nitrogen and oxygen atoms in total. The molecule has 0 aliphatic heterocycles. The number of aromatic nitrogens is 3. The maximum atomic E-state index is 12.7. The van der Waals surface area contributed by atoms with Gasteiger partial charge in [-0.1, -0.05) is 29.5 Å². The van der Waals surface area contributed by atoms with Crippen molar-refractivity contribution < 1.29 is 9.53 Å². The van der Waals surface area contributed by atoms with Gasteiger partial charge in [-0.25, -0.2) is 9.67 Å². The average molecular weight is 392 g/mol. The summed E-state index contributed by atoms with van der Waals surface area (Å²) in [6.45, 7) is 1.77. The molecule has 2 heterocycles. The lowest BCUT2D eigenvalue weighted by atomic mass is 10.2. The maximum absolute atomic E-state index is 12.7. The smallest absolute Gasteiger partial charge is 0.281 e. The van der Waals surface area contributed by atoms with Crippen LogP contribution in [-0.2, 0) is 0 Å². The van der Waals surface area contributed by atoms with Crippen molar-refractivity contribution >= 4 is 32.6 Å². The molecule has 0 bridgehead atoms. The Kier molecular flexibility index (Phi) is 4.62. The number of rotatable bonds is 4. The van der Waals surface area contributed by atoms with Gasteiger partial charge in [0.1, 0.15) is 5.75 Å². The number of anilines is 1. The van der Waals surface area contributed by atoms with Crippen LogP contribution in [0.3, 0.4) is 0 Å². The summed E-state index contributed by atoms with van der Waals surface area (Å²) < 4.78 is 7.64. The van der Waals surface area contributed by atoms with Crippen molar-refractivity contribution in [3.63, 3.8) is 0 Å². The van der Waals surface area contributed by atoms with Crippen LogP contribution in [0.15, 0.2) is 59.4 Å². The van der Waals surface area contributed by atoms with Gasteiger partial charge in [0.05, 0.1) is 23.0 Å². The van der Waals surface area contributed by atoms with Crippen molar-refractivity contribution in [2.75, 3.05) is 12.4 Å². The van der Waals surface area contributed by atoms with E-state index >= 15 is 0 Å². The minimum atomic E-state index is -0.597. The van der Waals surface area contributed by atoms with E-state index in [1.54, 1.807) is 24.8 Å². The second-order valence-corrected chi connectivity index (χ2v) is 7.08. The molecule has 0 radical (unpaired) electrons. The number of hydrogen-bond donors (Lipinski definition) is 1. The monoisotopic (exact) mass is 392 g/mol. The van der Waals surface area contributed by atoms with Gasteiger partial charge in [-0.05, 0) is 37.3 Å². The first kappa shape index (κ1) is 17.9. The Balaban J connectivity index is 1.67. The molecule has 0 aliphatic carbocycles. The van der Waals surface area contributed by atoms with Gasteiger partial charge in [0.25, 0.3) is 5.91 Å². The van der Waals surface area contributed by atoms with Gasteiger partial charge < -0.3 is 4.74 Å². The number of carbonyl (C=O) groups excluding carboxylic acids is 1. The van der Waals surface area contributed by atoms with Crippen LogP contribution in [0.25, 0.3) is 15.9 Å². The number of benzene rings is 2. The van der Waals surface area contributed by atoms with E-state index in [-0.39, 0.29) is 5.69 Å². The fourth-order valence-corrected chi connectivity index (χ4v) is 3.67. The van der Waals surface area contributed by atoms with Gasteiger partial charge in [0.2, 0.25) is 5.43 Å². The van der Waals surface area contributed by atoms with Gasteiger partial charge >= 0.3 is 0 Å². The third kappa shape index (κ3) is 3.37. The Morgan fingerprint density at radius 1 is 1.14 bits per heavy atom. The molecule has 2 aromatic heterocycles. The van der Waals surface area contributed by atoms with Crippen molar-refractivity contribution in [3.8, 4) is 11.4 Å². The molecule has 0 spiro atoms. The number of amides is 1. The molecule has 0 saturated carbocycles. The van der Waals surface area contributed by atoms with Crippen LogP contribution < -0.4 is 15.5 Å². The normalized spacial score (nSPS) is 10.8. The van der Waals surface area contributed by atoms with Crippen molar-refractivity contribution in [2.45, 2.75) is 6.92 Å². The second-order valence-electron chi connectivity index (χ2n) is 6.05. The standard InChI is InChI=1S/C20H16N4O3S/c1-12-10-16(25)18(23-24(12)13-6-4-3-5-7-13)19(26)22-20-21-15-9-8-14(27-2)11-17(15)28-20/h3-11H,1-2H3,(H,21,22,26). The largest absolute Gasteiger partial charge is 0.497 e. The molecule has 0 fully saturated rings. The third-order valence-corrected chi connectivity index (χ3v) is 5.07. The molecule has 28 heavy (non-hydrogen) atoms. The average Bonchev–Trinajstić information content (AvgIpc) is 3.09. The number of ether oxygens (including phenoxy) is 1. The minimum absolute atomic E-state index is 0.189. The van der Waals surface area contributed by atoms with Gasteiger partial charge in [-0.15, -0.1) is 0 Å². The first-order valence-corrected chi connectivity index (χ1v) is 9.29. The summed E-state index contributed by atoms with van der Waals surface area (Å²) in [7, 11) is 1.59. The minimum Gasteiger partial charge on any atom is -0.497 e. The summed E-state index contributed by atoms with van der Waals surface area (Å²) >= 11 is 1.30. The van der Waals surface area contributed by atoms with Crippen LogP contribution in [0.2, 0.25) is 0 Å². The van der Waals surface area contributed by atoms with Crippen molar-refractivity contribution in [1.82, 2.24) is 14.8 Å². The van der Waals surface area contributed by atoms with Crippen LogP contribution >= 0.6 is 11.3 Å². The summed E-state index contributed by atoms with van der Waals surface area (Å²) in [6, 6.07) is 16.2. The number of carbonyl (C=O) groups is 1. The molecule has 2 aromatic carbocycles. The molecule has 8 heteroatoms. The van der Waals surface area contributed by atoms with Crippen molar-refractivity contribution in [2.24, 2.45) is 0 Å². The predicted molar refractivity (Wildman–Crippen MR) is 109 cm³/mol. The van der Waals surface area contributed by atoms with Crippen LogP contribution in [0.4, 0.5) is 5.13 Å². The summed E-state index contributed by atoms with van der Waals surface area (Å²) in [4.78, 5) is 29.4. The molecule has 4 rings (SSSR count). The van der Waals surface area contributed by atoms with Crippen LogP contribution in [-0.4, -0.2) is 27.8 Å². The zero-order valence-electron chi connectivity index (χ0n) is 15.2. The molecular weight excluding hydrogens is 376 g/mol. The number of methoxy groups -OCH3 is 1. The fraction of sp³-hybridized carbons (Fsp3) is 0.100. The highest BCUT2D eigenvalue weighted by Gasteiger charge is 2.17. The first-order chi connectivity index (χ1) is 13.5. The molecule has 0 saturated heterocycles. The fourth-order valence-electron chi connectivity index (χ4n) is 2.78. The highest BCUT2D eigenvalue weighted by Crippen LogP contribution is 2.29. The first-order valence-electron chi connectivity index (χ1n) is 8.47. The van der Waals surface area contributed by atoms with Crippen LogP contribution in [0.5, 0.6) is 5.75 Å². The summed E-state index contributed by atoms with van der Waals surface area (Å²) in [6.07, 6.45) is 0. The van der Waals surface area contributed by atoms with E-state index in [4.69, 9.17) is 4.74 Å². The van der Waals surface area contributed by atoms with Crippen molar-refractivity contribution in [1.29, 1.82) is 0 Å². The Hall–Kier alpha value is -3.52. The molecular formula is C20H16N4O3S. The number of aryl methyl sites for hydroxylation is 1. The third-order valence-electron chi connectivity index (χ3n) is 4.14. The van der Waals surface area contributed by atoms with E-state index in [2.05, 4.69) is 15.4 Å². The quantitative estimate of drug-likeness (QED) is 0.575. The highest BCUT2D eigenvalue weighted by molar-refractivity contribution is 7.22. The zero-order chi connectivity index (χ0) is 19.7. The summed E-state index contributed by atoms with van der Waals surface area (Å²) in [5.74, 6) is 0.112. The number of nitrogens with one attached hydrogen (secondary N) is 1. The predicted octanol–water partition coefficient (Wildman–Crippen LogP) is 3.41. The van der Waals surface area contributed by atoms with E-state index in [9.17, 15) is 9.59 Å². The van der Waals surface area contributed by atoms with Gasteiger partial charge in [0.15, 0.2) is 10.8 Å². The van der Waals surface area contributed by atoms with Gasteiger partial charge in [-0.2, -0.15) is 5.10 Å². The maximum Gasteiger partial charge on any atom is 0.281 e. The molecule has 140 valence electrons. The molecule has 1 amide bonds. The Bertz CT molecular complexity index is 1230. The van der Waals surface area contributed by atoms with Crippen LogP contribution in [0, 0.1) is 6.92 Å². The number of nitrogens with zero attached hydrogens (tertiary/aromatic N) is 3. The molecule has 0 aliphatic rings. The van der Waals surface area contributed by atoms with E-state index in [0.717, 1.165) is 15.9 Å². The van der Waals surface area contributed by atoms with E-state index in [1.165, 1.54) is 17.4 Å². The Morgan fingerprint density at radius 3 is 2.68 bits per heavy atom. The molecule has 0 atom stereocenters. The Morgan fingerprint density at radius 2 is 1.93 bits per heavy atom. The lowest BCUT2D eigenvalue weighted by Crippen LogP contribution is -2.26. The number of thiazole rings is 1. The topological polar surface area (TPSA) is 86.1 Å². The number of fused-ring (bicyclic) bond motifs is 1. The zero-order valence-corrected chi connectivity index (χ0v) is 16.0. The van der Waals surface area contributed by atoms with Crippen molar-refractivity contribution in [3.05, 3.63) is 76.2 Å². The molecule has 4 aromatic rings. The highest BCUT2D eigenvalue weighted by atomic mass is 32.1. The molecule has 0 unspecified atom stereocenters. The van der Waals surface area contributed by atoms with Crippen LogP contribution in [0.1, 0.15) is 16.2 Å². The molecule has 1 N–H and O–H groups in total. The van der Waals surface area contributed by atoms with Gasteiger partial charge in [0, 0.05) is 11.8 Å². The second kappa shape index (κ2) is 7.24. The summed E-state index contributed by atoms with van der Waals surface area (Å²) in [5.41, 5.74) is 1.51. The summed E-state index contributed by atoms with van der Waals surface area (Å²) in [5, 5.41) is 7.33. The lowest BCUT2D eigenvalue weighted by molar-refractivity contribution is 0.101. The number of hydrogen-bond acceptors (Lipinski definition) is 6. The van der Waals surface area contributed by atoms with E-state index in [1.807, 2.05) is 42.5 Å². The van der Waals surface area contributed by atoms with E-state index in [0.29, 0.717) is 16.6 Å². The van der Waals surface area contributed by atoms with E-state index < -0.39 is 11.3 Å². The van der Waals surface area contributed by atoms with Gasteiger partial charge in [-0.3, -0.25) is 14.9 Å². The lowest BCUT2D eigenvalue weighted by Gasteiger charge is -2.10. The number of para-hydroxylation sites is 1. The SMILES string of the molecule is COc1ccc2nc(NC(=O)c3nn(-c4ccccc4)c(C)cc3=O)sc2c1. The Labute approximate surface area is 164 Å².